The van der Waals surface area contributed by atoms with E-state index in [9.17, 15) is 9.59 Å². The number of ether oxygens (including phenoxy) is 2. The Balaban J connectivity index is 1.61. The van der Waals surface area contributed by atoms with Gasteiger partial charge >= 0.3 is 0 Å². The predicted octanol–water partition coefficient (Wildman–Crippen LogP) is 3.68. The molecule has 196 valence electrons. The number of benzene rings is 2. The quantitative estimate of drug-likeness (QED) is 0.382. The summed E-state index contributed by atoms with van der Waals surface area (Å²) in [5.74, 6) is 0.450. The Labute approximate surface area is 220 Å². The van der Waals surface area contributed by atoms with Gasteiger partial charge < -0.3 is 14.8 Å². The van der Waals surface area contributed by atoms with Crippen molar-refractivity contribution in [3.8, 4) is 11.5 Å². The Morgan fingerprint density at radius 1 is 1.05 bits per heavy atom. The number of hydrogen-bond donors (Lipinski definition) is 1. The van der Waals surface area contributed by atoms with Crippen LogP contribution in [0.3, 0.4) is 0 Å². The second-order valence-corrected chi connectivity index (χ2v) is 9.74. The third-order valence-electron chi connectivity index (χ3n) is 6.65. The van der Waals surface area contributed by atoms with E-state index in [1.165, 1.54) is 4.90 Å². The first-order valence-electron chi connectivity index (χ1n) is 12.6. The summed E-state index contributed by atoms with van der Waals surface area (Å²) in [4.78, 5) is 33.7. The highest BCUT2D eigenvalue weighted by atomic mass is 16.6. The molecule has 1 atom stereocenters. The van der Waals surface area contributed by atoms with E-state index in [1.54, 1.807) is 47.4 Å². The molecule has 0 unspecified atom stereocenters. The molecule has 0 fully saturated rings. The average molecular weight is 515 g/mol. The summed E-state index contributed by atoms with van der Waals surface area (Å²) in [5, 5.41) is 11.5. The van der Waals surface area contributed by atoms with Crippen LogP contribution in [0, 0.1) is 0 Å². The summed E-state index contributed by atoms with van der Waals surface area (Å²) in [6.07, 6.45) is 3.93. The normalized spacial score (nSPS) is 13.7. The smallest absolute Gasteiger partial charge is 0.249 e. The Morgan fingerprint density at radius 3 is 2.55 bits per heavy atom. The number of fused-ring (bicyclic) bond motifs is 2. The van der Waals surface area contributed by atoms with Crippen molar-refractivity contribution in [3.63, 3.8) is 0 Å². The van der Waals surface area contributed by atoms with Gasteiger partial charge in [0.05, 0.1) is 5.52 Å². The van der Waals surface area contributed by atoms with Gasteiger partial charge in [0.15, 0.2) is 11.5 Å². The molecule has 1 aliphatic heterocycles. The lowest BCUT2D eigenvalue weighted by Gasteiger charge is -2.35. The van der Waals surface area contributed by atoms with E-state index in [0.29, 0.717) is 47.9 Å². The second kappa shape index (κ2) is 10.5. The molecule has 1 aliphatic rings. The second-order valence-electron chi connectivity index (χ2n) is 9.74. The number of aromatic nitrogens is 4. The maximum atomic E-state index is 14.1. The molecule has 10 heteroatoms. The molecule has 5 rings (SSSR count). The van der Waals surface area contributed by atoms with Crippen LogP contribution in [0.25, 0.3) is 11.0 Å². The van der Waals surface area contributed by atoms with Gasteiger partial charge in [0.2, 0.25) is 11.8 Å². The van der Waals surface area contributed by atoms with Crippen molar-refractivity contribution in [2.45, 2.75) is 45.3 Å². The number of rotatable bonds is 8. The van der Waals surface area contributed by atoms with Gasteiger partial charge in [-0.15, -0.1) is 5.10 Å². The van der Waals surface area contributed by atoms with Crippen LogP contribution in [0.15, 0.2) is 67.0 Å². The molecule has 0 saturated carbocycles. The zero-order chi connectivity index (χ0) is 26.7. The Bertz CT molecular complexity index is 1450. The van der Waals surface area contributed by atoms with E-state index in [0.717, 1.165) is 5.52 Å². The molecule has 4 aromatic rings. The predicted molar refractivity (Wildman–Crippen MR) is 142 cm³/mol. The van der Waals surface area contributed by atoms with E-state index < -0.39 is 11.6 Å². The van der Waals surface area contributed by atoms with Crippen LogP contribution in [0.5, 0.6) is 11.5 Å². The molecule has 0 radical (unpaired) electrons. The third kappa shape index (κ3) is 5.15. The third-order valence-corrected chi connectivity index (χ3v) is 6.65. The summed E-state index contributed by atoms with van der Waals surface area (Å²) in [6.45, 7) is 6.62. The highest BCUT2D eigenvalue weighted by Gasteiger charge is 2.36. The number of carbonyl (C=O) groups is 2. The first-order chi connectivity index (χ1) is 18.4. The molecule has 0 saturated heterocycles. The number of para-hydroxylation sites is 1. The summed E-state index contributed by atoms with van der Waals surface area (Å²) in [7, 11) is 0. The highest BCUT2D eigenvalue weighted by Crippen LogP contribution is 2.37. The Morgan fingerprint density at radius 2 is 1.79 bits per heavy atom. The fourth-order valence-electron chi connectivity index (χ4n) is 4.31. The molecule has 0 aliphatic carbocycles. The first-order valence-corrected chi connectivity index (χ1v) is 12.6. The van der Waals surface area contributed by atoms with Crippen molar-refractivity contribution < 1.29 is 19.1 Å². The van der Waals surface area contributed by atoms with Gasteiger partial charge in [-0.1, -0.05) is 24.3 Å². The van der Waals surface area contributed by atoms with Gasteiger partial charge in [-0.2, -0.15) is 0 Å². The summed E-state index contributed by atoms with van der Waals surface area (Å²) < 4.78 is 13.0. The molecule has 0 bridgehead atoms. The zero-order valence-electron chi connectivity index (χ0n) is 21.6. The van der Waals surface area contributed by atoms with Crippen LogP contribution in [0.1, 0.15) is 38.8 Å². The monoisotopic (exact) mass is 514 g/mol. The molecule has 1 N–H and O–H groups in total. The first kappa shape index (κ1) is 25.2. The zero-order valence-corrected chi connectivity index (χ0v) is 21.6. The fourth-order valence-corrected chi connectivity index (χ4v) is 4.31. The van der Waals surface area contributed by atoms with E-state index in [2.05, 4.69) is 20.6 Å². The van der Waals surface area contributed by atoms with Crippen molar-refractivity contribution in [2.75, 3.05) is 18.1 Å². The lowest BCUT2D eigenvalue weighted by Crippen LogP contribution is -2.51. The number of nitrogens with one attached hydrogen (secondary N) is 1. The van der Waals surface area contributed by atoms with E-state index >= 15 is 0 Å². The van der Waals surface area contributed by atoms with Crippen LogP contribution < -0.4 is 19.7 Å². The van der Waals surface area contributed by atoms with Crippen LogP contribution in [-0.2, 0) is 16.1 Å². The van der Waals surface area contributed by atoms with Crippen LogP contribution in [0.2, 0.25) is 0 Å². The van der Waals surface area contributed by atoms with Crippen LogP contribution in [-0.4, -0.2) is 50.5 Å². The number of pyridine rings is 1. The van der Waals surface area contributed by atoms with Crippen LogP contribution >= 0.6 is 0 Å². The van der Waals surface area contributed by atoms with Gasteiger partial charge in [-0.3, -0.25) is 19.5 Å². The van der Waals surface area contributed by atoms with E-state index in [4.69, 9.17) is 9.47 Å². The van der Waals surface area contributed by atoms with E-state index in [1.807, 2.05) is 45.0 Å². The molecule has 2 aromatic heterocycles. The van der Waals surface area contributed by atoms with Crippen LogP contribution in [0.4, 0.5) is 5.69 Å². The van der Waals surface area contributed by atoms with Crippen molar-refractivity contribution >= 4 is 28.5 Å². The lowest BCUT2D eigenvalue weighted by molar-refractivity contribution is -0.128. The molecule has 10 nitrogen and oxygen atoms in total. The summed E-state index contributed by atoms with van der Waals surface area (Å²) in [5.41, 5.74) is 2.04. The van der Waals surface area contributed by atoms with Crippen molar-refractivity contribution in [3.05, 3.63) is 72.6 Å². The van der Waals surface area contributed by atoms with E-state index in [-0.39, 0.29) is 18.4 Å². The van der Waals surface area contributed by atoms with Gasteiger partial charge in [-0.25, -0.2) is 4.68 Å². The molecular formula is C28H30N6O4. The average Bonchev–Trinajstić information content (AvgIpc) is 3.34. The minimum absolute atomic E-state index is 0.124. The largest absolute Gasteiger partial charge is 0.486 e. The number of hydrogen-bond acceptors (Lipinski definition) is 7. The van der Waals surface area contributed by atoms with Crippen molar-refractivity contribution in [1.29, 1.82) is 0 Å². The molecule has 38 heavy (non-hydrogen) atoms. The van der Waals surface area contributed by atoms with Gasteiger partial charge in [-0.05, 0) is 62.2 Å². The lowest BCUT2D eigenvalue weighted by atomic mass is 9.98. The standard InChI is InChI=1S/C28H30N6O4/c1-4-28(2,3)30-27(36)26(19-11-13-29-14-12-19)34(20-9-10-23-24(17-20)38-16-15-37-23)25(35)18-33-22-8-6-5-7-21(22)31-32-33/h5-14,17,26H,4,15-16,18H2,1-3H3,(H,30,36)/t26-/m1/s1. The molecule has 3 heterocycles. The molecule has 2 amide bonds. The molecule has 0 spiro atoms. The van der Waals surface area contributed by atoms with Gasteiger partial charge in [0.25, 0.3) is 0 Å². The topological polar surface area (TPSA) is 111 Å². The number of amides is 2. The van der Waals surface area contributed by atoms with Crippen molar-refractivity contribution in [2.24, 2.45) is 0 Å². The molecule has 2 aromatic carbocycles. The number of carbonyl (C=O) groups excluding carboxylic acids is 2. The Kier molecular flexibility index (Phi) is 6.95. The van der Waals surface area contributed by atoms with Gasteiger partial charge in [0.1, 0.15) is 31.3 Å². The van der Waals surface area contributed by atoms with Gasteiger partial charge in [0, 0.05) is 29.7 Å². The minimum Gasteiger partial charge on any atom is -0.486 e. The highest BCUT2D eigenvalue weighted by molar-refractivity contribution is 6.02. The number of anilines is 1. The SMILES string of the molecule is CCC(C)(C)NC(=O)[C@@H](c1ccncc1)N(C(=O)Cn1nnc2ccccc21)c1ccc2c(c1)OCCO2. The minimum atomic E-state index is -0.978. The fraction of sp³-hybridized carbons (Fsp3) is 0.321. The Hall–Kier alpha value is -4.47. The van der Waals surface area contributed by atoms with Crippen molar-refractivity contribution in [1.82, 2.24) is 25.3 Å². The summed E-state index contributed by atoms with van der Waals surface area (Å²) in [6, 6.07) is 15.2. The maximum Gasteiger partial charge on any atom is 0.249 e. The maximum absolute atomic E-state index is 14.1. The number of nitrogens with zero attached hydrogens (tertiary/aromatic N) is 5. The summed E-state index contributed by atoms with van der Waals surface area (Å²) >= 11 is 0. The molecular weight excluding hydrogens is 484 g/mol.